The molecule has 2 N–H and O–H groups in total. The lowest BCUT2D eigenvalue weighted by atomic mass is 9.94. The zero-order valence-electron chi connectivity index (χ0n) is 10.5. The van der Waals surface area contributed by atoms with Gasteiger partial charge in [-0.2, -0.15) is 0 Å². The van der Waals surface area contributed by atoms with Crippen molar-refractivity contribution in [2.45, 2.75) is 45.6 Å². The van der Waals surface area contributed by atoms with Crippen molar-refractivity contribution in [1.29, 1.82) is 0 Å². The molecule has 0 spiro atoms. The minimum Gasteiger partial charge on any atom is -0.382 e. The molecule has 0 amide bonds. The third-order valence-corrected chi connectivity index (χ3v) is 2.86. The molecule has 15 heavy (non-hydrogen) atoms. The Morgan fingerprint density at radius 2 is 1.73 bits per heavy atom. The minimum atomic E-state index is 0.289. The first-order valence-corrected chi connectivity index (χ1v) is 6.06. The van der Waals surface area contributed by atoms with E-state index in [2.05, 4.69) is 13.8 Å². The largest absolute Gasteiger partial charge is 0.382 e. The molecule has 0 aliphatic rings. The van der Waals surface area contributed by atoms with E-state index in [1.807, 2.05) is 0 Å². The average molecular weight is 217 g/mol. The van der Waals surface area contributed by atoms with Crippen molar-refractivity contribution in [2.75, 3.05) is 26.9 Å². The van der Waals surface area contributed by atoms with Crippen LogP contribution in [0.5, 0.6) is 0 Å². The molecule has 0 bridgehead atoms. The second kappa shape index (κ2) is 10.4. The maximum absolute atomic E-state index is 6.03. The van der Waals surface area contributed by atoms with Gasteiger partial charge in [-0.15, -0.1) is 0 Å². The highest BCUT2D eigenvalue weighted by Gasteiger charge is 2.09. The molecule has 0 aliphatic carbocycles. The lowest BCUT2D eigenvalue weighted by Crippen LogP contribution is -2.25. The van der Waals surface area contributed by atoms with E-state index in [1.54, 1.807) is 7.11 Å². The zero-order valence-corrected chi connectivity index (χ0v) is 10.5. The molecular formula is C12H27NO2. The summed E-state index contributed by atoms with van der Waals surface area (Å²) in [6.07, 6.45) is 4.55. The molecule has 1 unspecified atom stereocenters. The summed E-state index contributed by atoms with van der Waals surface area (Å²) in [5, 5.41) is 0. The number of methoxy groups -OCH3 is 1. The van der Waals surface area contributed by atoms with Crippen molar-refractivity contribution >= 4 is 0 Å². The van der Waals surface area contributed by atoms with Crippen LogP contribution in [-0.4, -0.2) is 33.0 Å². The molecule has 3 nitrogen and oxygen atoms in total. The summed E-state index contributed by atoms with van der Waals surface area (Å²) in [6.45, 7) is 6.56. The normalized spacial score (nSPS) is 13.4. The van der Waals surface area contributed by atoms with Crippen molar-refractivity contribution in [3.8, 4) is 0 Å². The van der Waals surface area contributed by atoms with Crippen LogP contribution >= 0.6 is 0 Å². The Hall–Kier alpha value is -0.120. The van der Waals surface area contributed by atoms with Crippen molar-refractivity contribution in [2.24, 2.45) is 11.7 Å². The Balaban J connectivity index is 3.35. The van der Waals surface area contributed by atoms with Crippen molar-refractivity contribution in [3.05, 3.63) is 0 Å². The van der Waals surface area contributed by atoms with E-state index in [-0.39, 0.29) is 6.04 Å². The van der Waals surface area contributed by atoms with E-state index in [4.69, 9.17) is 15.2 Å². The highest BCUT2D eigenvalue weighted by molar-refractivity contribution is 4.66. The lowest BCUT2D eigenvalue weighted by Gasteiger charge is -2.18. The Labute approximate surface area is 94.3 Å². The second-order valence-electron chi connectivity index (χ2n) is 4.07. The summed E-state index contributed by atoms with van der Waals surface area (Å²) in [5.74, 6) is 0.777. The van der Waals surface area contributed by atoms with E-state index in [0.29, 0.717) is 13.2 Å². The predicted octanol–water partition coefficient (Wildman–Crippen LogP) is 2.19. The Morgan fingerprint density at radius 1 is 1.07 bits per heavy atom. The first kappa shape index (κ1) is 14.9. The summed E-state index contributed by atoms with van der Waals surface area (Å²) >= 11 is 0. The summed E-state index contributed by atoms with van der Waals surface area (Å²) in [5.41, 5.74) is 6.03. The Morgan fingerprint density at radius 3 is 2.27 bits per heavy atom. The Kier molecular flexibility index (Phi) is 10.3. The molecule has 0 aromatic heterocycles. The first-order chi connectivity index (χ1) is 7.24. The third kappa shape index (κ3) is 8.85. The summed E-state index contributed by atoms with van der Waals surface area (Å²) in [7, 11) is 1.68. The second-order valence-corrected chi connectivity index (χ2v) is 4.07. The topological polar surface area (TPSA) is 44.5 Å². The fourth-order valence-electron chi connectivity index (χ4n) is 1.65. The highest BCUT2D eigenvalue weighted by Crippen LogP contribution is 2.15. The van der Waals surface area contributed by atoms with Crippen LogP contribution in [0.4, 0.5) is 0 Å². The van der Waals surface area contributed by atoms with Gasteiger partial charge in [-0.25, -0.2) is 0 Å². The van der Waals surface area contributed by atoms with Gasteiger partial charge in [-0.05, 0) is 18.8 Å². The van der Waals surface area contributed by atoms with Gasteiger partial charge in [0.05, 0.1) is 13.2 Å². The van der Waals surface area contributed by atoms with Crippen LogP contribution in [-0.2, 0) is 9.47 Å². The van der Waals surface area contributed by atoms with Crippen molar-refractivity contribution < 1.29 is 9.47 Å². The SMILES string of the molecule is CCC(CC)CC(N)CCOCCOC. The number of nitrogens with two attached hydrogens (primary N) is 1. The van der Waals surface area contributed by atoms with E-state index < -0.39 is 0 Å². The number of hydrogen-bond acceptors (Lipinski definition) is 3. The first-order valence-electron chi connectivity index (χ1n) is 6.06. The van der Waals surface area contributed by atoms with Gasteiger partial charge in [-0.3, -0.25) is 0 Å². The number of rotatable bonds is 10. The lowest BCUT2D eigenvalue weighted by molar-refractivity contribution is 0.0663. The molecule has 3 heteroatoms. The molecule has 0 radical (unpaired) electrons. The van der Waals surface area contributed by atoms with Crippen LogP contribution in [0.25, 0.3) is 0 Å². The van der Waals surface area contributed by atoms with E-state index in [0.717, 1.165) is 25.4 Å². The molecule has 0 heterocycles. The molecule has 0 saturated heterocycles. The van der Waals surface area contributed by atoms with Gasteiger partial charge in [0.15, 0.2) is 0 Å². The van der Waals surface area contributed by atoms with Gasteiger partial charge in [-0.1, -0.05) is 26.7 Å². The van der Waals surface area contributed by atoms with Gasteiger partial charge in [0.2, 0.25) is 0 Å². The predicted molar refractivity (Wildman–Crippen MR) is 64.0 cm³/mol. The molecule has 0 aromatic rings. The quantitative estimate of drug-likeness (QED) is 0.570. The standard InChI is InChI=1S/C12H27NO2/c1-4-11(5-2)10-12(13)6-7-15-9-8-14-3/h11-12H,4-10,13H2,1-3H3. The number of ether oxygens (including phenoxy) is 2. The molecule has 0 aliphatic heterocycles. The summed E-state index contributed by atoms with van der Waals surface area (Å²) in [6, 6.07) is 0.289. The van der Waals surface area contributed by atoms with Gasteiger partial charge in [0, 0.05) is 19.8 Å². The number of hydrogen-bond donors (Lipinski definition) is 1. The highest BCUT2D eigenvalue weighted by atomic mass is 16.5. The maximum atomic E-state index is 6.03. The van der Waals surface area contributed by atoms with Crippen LogP contribution in [0.2, 0.25) is 0 Å². The zero-order chi connectivity index (χ0) is 11.5. The molecule has 1 atom stereocenters. The Bertz CT molecular complexity index is 127. The van der Waals surface area contributed by atoms with Crippen LogP contribution in [0.3, 0.4) is 0 Å². The molecule has 0 rings (SSSR count). The van der Waals surface area contributed by atoms with E-state index in [9.17, 15) is 0 Å². The van der Waals surface area contributed by atoms with Crippen LogP contribution in [0.1, 0.15) is 39.5 Å². The van der Waals surface area contributed by atoms with Crippen LogP contribution < -0.4 is 5.73 Å². The summed E-state index contributed by atoms with van der Waals surface area (Å²) < 4.78 is 10.3. The van der Waals surface area contributed by atoms with Crippen LogP contribution in [0.15, 0.2) is 0 Å². The molecule has 0 aromatic carbocycles. The van der Waals surface area contributed by atoms with Crippen LogP contribution in [0, 0.1) is 5.92 Å². The third-order valence-electron chi connectivity index (χ3n) is 2.86. The fourth-order valence-corrected chi connectivity index (χ4v) is 1.65. The van der Waals surface area contributed by atoms with Gasteiger partial charge >= 0.3 is 0 Å². The molecule has 0 fully saturated rings. The van der Waals surface area contributed by atoms with Crippen molar-refractivity contribution in [1.82, 2.24) is 0 Å². The molecule has 0 saturated carbocycles. The fraction of sp³-hybridized carbons (Fsp3) is 1.00. The molecular weight excluding hydrogens is 190 g/mol. The maximum Gasteiger partial charge on any atom is 0.0700 e. The monoisotopic (exact) mass is 217 g/mol. The van der Waals surface area contributed by atoms with E-state index in [1.165, 1.54) is 12.8 Å². The van der Waals surface area contributed by atoms with E-state index >= 15 is 0 Å². The van der Waals surface area contributed by atoms with Gasteiger partial charge in [0.1, 0.15) is 0 Å². The smallest absolute Gasteiger partial charge is 0.0700 e. The molecule has 92 valence electrons. The summed E-state index contributed by atoms with van der Waals surface area (Å²) in [4.78, 5) is 0. The minimum absolute atomic E-state index is 0.289. The van der Waals surface area contributed by atoms with Gasteiger partial charge in [0.25, 0.3) is 0 Å². The van der Waals surface area contributed by atoms with Gasteiger partial charge < -0.3 is 15.2 Å². The van der Waals surface area contributed by atoms with Crippen molar-refractivity contribution in [3.63, 3.8) is 0 Å². The average Bonchev–Trinajstić information content (AvgIpc) is 2.25.